The summed E-state index contributed by atoms with van der Waals surface area (Å²) in [7, 11) is -1.86. The zero-order valence-corrected chi connectivity index (χ0v) is 15.6. The number of methoxy groups -OCH3 is 2. The van der Waals surface area contributed by atoms with Crippen LogP contribution in [0.1, 0.15) is 5.56 Å². The Balaban J connectivity index is 2.54. The molecular formula is C15H12Cl2F3NO4S. The molecule has 0 saturated heterocycles. The number of nitrogens with one attached hydrogen (secondary N) is 1. The van der Waals surface area contributed by atoms with Crippen LogP contribution in [0.2, 0.25) is 10.0 Å². The van der Waals surface area contributed by atoms with Crippen LogP contribution in [0.25, 0.3) is 0 Å². The van der Waals surface area contributed by atoms with Gasteiger partial charge in [0.25, 0.3) is 10.0 Å². The molecule has 0 aromatic heterocycles. The van der Waals surface area contributed by atoms with Crippen molar-refractivity contribution in [2.45, 2.75) is 11.1 Å². The highest BCUT2D eigenvalue weighted by Gasteiger charge is 2.32. The van der Waals surface area contributed by atoms with Crippen molar-refractivity contribution in [2.24, 2.45) is 0 Å². The van der Waals surface area contributed by atoms with E-state index in [4.69, 9.17) is 32.7 Å². The van der Waals surface area contributed by atoms with E-state index in [1.807, 2.05) is 4.72 Å². The van der Waals surface area contributed by atoms with Crippen LogP contribution in [0.15, 0.2) is 35.2 Å². The second kappa shape index (κ2) is 7.42. The molecule has 0 amide bonds. The summed E-state index contributed by atoms with van der Waals surface area (Å²) >= 11 is 11.7. The lowest BCUT2D eigenvalue weighted by Gasteiger charge is -2.15. The molecule has 2 aromatic rings. The summed E-state index contributed by atoms with van der Waals surface area (Å²) in [6, 6.07) is 4.58. The molecule has 142 valence electrons. The number of benzene rings is 2. The predicted molar refractivity (Wildman–Crippen MR) is 91.8 cm³/mol. The molecule has 11 heteroatoms. The smallest absolute Gasteiger partial charge is 0.416 e. The first kappa shape index (κ1) is 20.5. The molecule has 1 N–H and O–H groups in total. The molecule has 0 bridgehead atoms. The van der Waals surface area contributed by atoms with E-state index in [2.05, 4.69) is 0 Å². The fourth-order valence-corrected chi connectivity index (χ4v) is 3.71. The number of hydrogen-bond donors (Lipinski definition) is 1. The minimum absolute atomic E-state index is 0.0444. The summed E-state index contributed by atoms with van der Waals surface area (Å²) in [4.78, 5) is -0.380. The molecule has 26 heavy (non-hydrogen) atoms. The Morgan fingerprint density at radius 3 is 2.12 bits per heavy atom. The third-order valence-corrected chi connectivity index (χ3v) is 5.28. The Kier molecular flexibility index (Phi) is 5.84. The van der Waals surface area contributed by atoms with E-state index in [1.54, 1.807) is 0 Å². The third-order valence-electron chi connectivity index (χ3n) is 3.27. The molecule has 0 radical (unpaired) electrons. The molecule has 0 aliphatic rings. The van der Waals surface area contributed by atoms with Gasteiger partial charge in [-0.3, -0.25) is 4.72 Å². The fourth-order valence-electron chi connectivity index (χ4n) is 2.02. The van der Waals surface area contributed by atoms with Gasteiger partial charge in [0.1, 0.15) is 16.4 Å². The molecule has 2 rings (SSSR count). The van der Waals surface area contributed by atoms with Crippen LogP contribution in [0.4, 0.5) is 18.9 Å². The second-order valence-corrected chi connectivity index (χ2v) is 7.40. The summed E-state index contributed by atoms with van der Waals surface area (Å²) in [6.45, 7) is 0. The van der Waals surface area contributed by atoms with Gasteiger partial charge in [-0.25, -0.2) is 8.42 Å². The van der Waals surface area contributed by atoms with E-state index in [1.165, 1.54) is 20.3 Å². The van der Waals surface area contributed by atoms with Crippen LogP contribution in [-0.2, 0) is 16.2 Å². The van der Waals surface area contributed by atoms with E-state index in [9.17, 15) is 21.6 Å². The maximum absolute atomic E-state index is 12.8. The van der Waals surface area contributed by atoms with Gasteiger partial charge in [-0.05, 0) is 18.2 Å². The summed E-state index contributed by atoms with van der Waals surface area (Å²) in [5.41, 5.74) is -1.49. The van der Waals surface area contributed by atoms with Gasteiger partial charge in [0.2, 0.25) is 0 Å². The van der Waals surface area contributed by atoms with Crippen molar-refractivity contribution in [3.63, 3.8) is 0 Å². The summed E-state index contributed by atoms with van der Waals surface area (Å²) in [6.07, 6.45) is -4.66. The van der Waals surface area contributed by atoms with E-state index >= 15 is 0 Å². The van der Waals surface area contributed by atoms with Crippen molar-refractivity contribution in [3.05, 3.63) is 45.9 Å². The molecule has 5 nitrogen and oxygen atoms in total. The molecule has 0 aliphatic heterocycles. The van der Waals surface area contributed by atoms with Gasteiger partial charge in [-0.15, -0.1) is 0 Å². The second-order valence-electron chi connectivity index (χ2n) is 4.94. The van der Waals surface area contributed by atoms with Crippen molar-refractivity contribution >= 4 is 38.9 Å². The van der Waals surface area contributed by atoms with Crippen molar-refractivity contribution in [1.82, 2.24) is 0 Å². The van der Waals surface area contributed by atoms with Crippen molar-refractivity contribution in [2.75, 3.05) is 18.9 Å². The monoisotopic (exact) mass is 429 g/mol. The van der Waals surface area contributed by atoms with Gasteiger partial charge in [0.15, 0.2) is 0 Å². The van der Waals surface area contributed by atoms with Gasteiger partial charge >= 0.3 is 6.18 Å². The Morgan fingerprint density at radius 1 is 0.962 bits per heavy atom. The topological polar surface area (TPSA) is 64.6 Å². The molecule has 0 aliphatic carbocycles. The number of alkyl halides is 3. The minimum atomic E-state index is -4.66. The number of anilines is 1. The normalized spacial score (nSPS) is 12.0. The Hall–Kier alpha value is -1.84. The zero-order chi connectivity index (χ0) is 19.7. The quantitative estimate of drug-likeness (QED) is 0.738. The number of sulfonamides is 1. The lowest BCUT2D eigenvalue weighted by molar-refractivity contribution is -0.137. The molecular weight excluding hydrogens is 418 g/mol. The van der Waals surface area contributed by atoms with Gasteiger partial charge < -0.3 is 9.47 Å². The lowest BCUT2D eigenvalue weighted by atomic mass is 10.2. The number of halogens is 5. The Morgan fingerprint density at radius 2 is 1.58 bits per heavy atom. The lowest BCUT2D eigenvalue weighted by Crippen LogP contribution is -2.15. The van der Waals surface area contributed by atoms with E-state index in [0.29, 0.717) is 6.07 Å². The molecule has 0 unspecified atom stereocenters. The average Bonchev–Trinajstić information content (AvgIpc) is 2.55. The van der Waals surface area contributed by atoms with E-state index in [0.717, 1.165) is 18.2 Å². The van der Waals surface area contributed by atoms with Gasteiger partial charge in [-0.1, -0.05) is 23.2 Å². The van der Waals surface area contributed by atoms with Crippen LogP contribution in [0, 0.1) is 0 Å². The third kappa shape index (κ3) is 4.28. The number of ether oxygens (including phenoxy) is 2. The molecule has 0 atom stereocenters. The summed E-state index contributed by atoms with van der Waals surface area (Å²) < 4.78 is 75.8. The number of rotatable bonds is 5. The van der Waals surface area contributed by atoms with Crippen LogP contribution in [0.3, 0.4) is 0 Å². The van der Waals surface area contributed by atoms with E-state index < -0.39 is 27.5 Å². The van der Waals surface area contributed by atoms with Gasteiger partial charge in [0, 0.05) is 12.1 Å². The Bertz CT molecular complexity index is 933. The highest BCUT2D eigenvalue weighted by atomic mass is 35.5. The van der Waals surface area contributed by atoms with Crippen LogP contribution in [-0.4, -0.2) is 22.6 Å². The van der Waals surface area contributed by atoms with Gasteiger partial charge in [-0.2, -0.15) is 13.2 Å². The highest BCUT2D eigenvalue weighted by Crippen LogP contribution is 2.38. The first-order valence-corrected chi connectivity index (χ1v) is 9.04. The highest BCUT2D eigenvalue weighted by molar-refractivity contribution is 7.92. The van der Waals surface area contributed by atoms with Gasteiger partial charge in [0.05, 0.1) is 35.5 Å². The molecule has 0 saturated carbocycles. The first-order valence-electron chi connectivity index (χ1n) is 6.80. The van der Waals surface area contributed by atoms with Crippen molar-refractivity contribution < 1.29 is 31.1 Å². The van der Waals surface area contributed by atoms with Crippen LogP contribution >= 0.6 is 23.2 Å². The largest absolute Gasteiger partial charge is 0.495 e. The molecule has 0 spiro atoms. The van der Waals surface area contributed by atoms with Crippen molar-refractivity contribution in [3.8, 4) is 11.5 Å². The summed E-state index contributed by atoms with van der Waals surface area (Å²) in [5.74, 6) is -0.0746. The predicted octanol–water partition coefficient (Wildman–Crippen LogP) is 4.83. The standard InChI is InChI=1S/C15H12Cl2F3NO4S/c1-24-12-7-14(13(25-2)6-10(12)17)26(22,23)21-11-5-8(15(18,19)20)3-4-9(11)16/h3-7,21H,1-2H3. The Labute approximate surface area is 157 Å². The maximum Gasteiger partial charge on any atom is 0.416 e. The summed E-state index contributed by atoms with van der Waals surface area (Å²) in [5, 5.41) is -0.109. The molecule has 0 fully saturated rings. The van der Waals surface area contributed by atoms with E-state index in [-0.39, 0.29) is 26.4 Å². The SMILES string of the molecule is COc1cc(S(=O)(=O)Nc2cc(C(F)(F)F)ccc2Cl)c(OC)cc1Cl. The molecule has 2 aromatic carbocycles. The number of hydrogen-bond acceptors (Lipinski definition) is 4. The first-order chi connectivity index (χ1) is 12.0. The zero-order valence-electron chi connectivity index (χ0n) is 13.3. The minimum Gasteiger partial charge on any atom is -0.495 e. The van der Waals surface area contributed by atoms with Crippen LogP contribution in [0.5, 0.6) is 11.5 Å². The van der Waals surface area contributed by atoms with Crippen LogP contribution < -0.4 is 14.2 Å². The maximum atomic E-state index is 12.8. The van der Waals surface area contributed by atoms with Crippen molar-refractivity contribution in [1.29, 1.82) is 0 Å². The average molecular weight is 430 g/mol. The molecule has 0 heterocycles. The fraction of sp³-hybridized carbons (Fsp3) is 0.200.